The number of anilines is 1. The predicted octanol–water partition coefficient (Wildman–Crippen LogP) is 3.82. The van der Waals surface area contributed by atoms with Crippen molar-refractivity contribution in [2.75, 3.05) is 5.32 Å². The van der Waals surface area contributed by atoms with Crippen LogP contribution < -0.4 is 10.6 Å². The molecule has 18 heavy (non-hydrogen) atoms. The van der Waals surface area contributed by atoms with Gasteiger partial charge in [-0.2, -0.15) is 0 Å². The Hall–Kier alpha value is -0.800. The first-order chi connectivity index (χ1) is 8.72. The Labute approximate surface area is 118 Å². The Balaban J connectivity index is 1.58. The summed E-state index contributed by atoms with van der Waals surface area (Å²) in [5.41, 5.74) is 0.875. The van der Waals surface area contributed by atoms with Gasteiger partial charge in [-0.25, -0.2) is 0 Å². The van der Waals surface area contributed by atoms with Gasteiger partial charge in [0.15, 0.2) is 5.11 Å². The van der Waals surface area contributed by atoms with Gasteiger partial charge in [-0.3, -0.25) is 0 Å². The summed E-state index contributed by atoms with van der Waals surface area (Å²) in [5.74, 6) is 1.75. The van der Waals surface area contributed by atoms with Crippen LogP contribution in [0.3, 0.4) is 0 Å². The standard InChI is InChI=1S/C14H17ClN2S/c15-11-3-1-2-4-12(11)16-14(18)17-13-8-9-5-6-10(13)7-9/h1-4,9-10,13H,5-8H2,(H2,16,17,18)/t9-,10+,13+/m0/s1. The van der Waals surface area contributed by atoms with E-state index in [1.807, 2.05) is 24.3 Å². The second-order valence-electron chi connectivity index (χ2n) is 5.36. The van der Waals surface area contributed by atoms with E-state index in [0.717, 1.165) is 17.5 Å². The first-order valence-electron chi connectivity index (χ1n) is 6.54. The van der Waals surface area contributed by atoms with Crippen molar-refractivity contribution in [3.05, 3.63) is 29.3 Å². The molecule has 0 unspecified atom stereocenters. The Kier molecular flexibility index (Phi) is 3.44. The summed E-state index contributed by atoms with van der Waals surface area (Å²) in [7, 11) is 0. The lowest BCUT2D eigenvalue weighted by molar-refractivity contribution is 0.392. The summed E-state index contributed by atoms with van der Waals surface area (Å²) in [6.07, 6.45) is 5.42. The van der Waals surface area contributed by atoms with E-state index in [-0.39, 0.29) is 0 Å². The lowest BCUT2D eigenvalue weighted by Crippen LogP contribution is -2.40. The van der Waals surface area contributed by atoms with Crippen LogP contribution in [0.4, 0.5) is 5.69 Å². The highest BCUT2D eigenvalue weighted by Gasteiger charge is 2.39. The van der Waals surface area contributed by atoms with Gasteiger partial charge in [0.1, 0.15) is 0 Å². The van der Waals surface area contributed by atoms with Gasteiger partial charge in [0.25, 0.3) is 0 Å². The number of halogens is 1. The third kappa shape index (κ3) is 2.47. The summed E-state index contributed by atoms with van der Waals surface area (Å²) in [4.78, 5) is 0. The molecule has 0 aromatic heterocycles. The van der Waals surface area contributed by atoms with Gasteiger partial charge in [0, 0.05) is 6.04 Å². The summed E-state index contributed by atoms with van der Waals surface area (Å²) in [5, 5.41) is 8.03. The van der Waals surface area contributed by atoms with E-state index < -0.39 is 0 Å². The van der Waals surface area contributed by atoms with Crippen LogP contribution in [0.1, 0.15) is 25.7 Å². The number of hydrogen-bond donors (Lipinski definition) is 2. The van der Waals surface area contributed by atoms with Crippen LogP contribution in [-0.4, -0.2) is 11.2 Å². The van der Waals surface area contributed by atoms with Crippen molar-refractivity contribution in [1.29, 1.82) is 0 Å². The minimum atomic E-state index is 0.561. The minimum absolute atomic E-state index is 0.561. The molecule has 1 aromatic carbocycles. The van der Waals surface area contributed by atoms with E-state index in [2.05, 4.69) is 10.6 Å². The number of fused-ring (bicyclic) bond motifs is 2. The topological polar surface area (TPSA) is 24.1 Å². The van der Waals surface area contributed by atoms with Gasteiger partial charge in [0.05, 0.1) is 10.7 Å². The molecule has 0 spiro atoms. The van der Waals surface area contributed by atoms with Crippen molar-refractivity contribution in [3.8, 4) is 0 Å². The number of para-hydroxylation sites is 1. The average Bonchev–Trinajstić information content (AvgIpc) is 2.94. The monoisotopic (exact) mass is 280 g/mol. The Morgan fingerprint density at radius 2 is 2.06 bits per heavy atom. The fourth-order valence-electron chi connectivity index (χ4n) is 3.31. The third-order valence-corrected chi connectivity index (χ3v) is 4.73. The van der Waals surface area contributed by atoms with Gasteiger partial charge in [0.2, 0.25) is 0 Å². The molecule has 0 radical (unpaired) electrons. The maximum Gasteiger partial charge on any atom is 0.171 e. The zero-order chi connectivity index (χ0) is 12.5. The number of rotatable bonds is 2. The lowest BCUT2D eigenvalue weighted by Gasteiger charge is -2.24. The molecule has 2 aliphatic rings. The third-order valence-electron chi connectivity index (χ3n) is 4.18. The van der Waals surface area contributed by atoms with E-state index >= 15 is 0 Å². The molecule has 2 N–H and O–H groups in total. The molecule has 96 valence electrons. The van der Waals surface area contributed by atoms with Crippen LogP contribution >= 0.6 is 23.8 Å². The lowest BCUT2D eigenvalue weighted by atomic mass is 9.96. The average molecular weight is 281 g/mol. The molecule has 1 aromatic rings. The highest BCUT2D eigenvalue weighted by Crippen LogP contribution is 2.44. The highest BCUT2D eigenvalue weighted by molar-refractivity contribution is 7.80. The van der Waals surface area contributed by atoms with Crippen LogP contribution in [0, 0.1) is 11.8 Å². The molecular weight excluding hydrogens is 264 g/mol. The molecule has 2 bridgehead atoms. The van der Waals surface area contributed by atoms with Gasteiger partial charge in [-0.1, -0.05) is 30.2 Å². The van der Waals surface area contributed by atoms with E-state index in [1.54, 1.807) is 0 Å². The number of benzene rings is 1. The molecule has 2 nitrogen and oxygen atoms in total. The summed E-state index contributed by atoms with van der Waals surface area (Å²) >= 11 is 11.5. The SMILES string of the molecule is S=C(Nc1ccccc1Cl)N[C@@H]1C[C@H]2CC[C@@H]1C2. The van der Waals surface area contributed by atoms with Crippen molar-refractivity contribution in [2.24, 2.45) is 11.8 Å². The van der Waals surface area contributed by atoms with Crippen LogP contribution in [0.15, 0.2) is 24.3 Å². The van der Waals surface area contributed by atoms with Crippen molar-refractivity contribution in [1.82, 2.24) is 5.32 Å². The molecule has 0 heterocycles. The van der Waals surface area contributed by atoms with Gasteiger partial charge < -0.3 is 10.6 Å². The minimum Gasteiger partial charge on any atom is -0.359 e. The number of hydrogen-bond acceptors (Lipinski definition) is 1. The first kappa shape index (κ1) is 12.2. The van der Waals surface area contributed by atoms with E-state index in [0.29, 0.717) is 16.2 Å². The van der Waals surface area contributed by atoms with E-state index in [9.17, 15) is 0 Å². The molecule has 2 saturated carbocycles. The zero-order valence-electron chi connectivity index (χ0n) is 10.2. The normalized spacial score (nSPS) is 29.3. The van der Waals surface area contributed by atoms with Crippen LogP contribution in [0.5, 0.6) is 0 Å². The van der Waals surface area contributed by atoms with E-state index in [1.165, 1.54) is 25.7 Å². The maximum absolute atomic E-state index is 6.10. The van der Waals surface area contributed by atoms with Gasteiger partial charge >= 0.3 is 0 Å². The largest absolute Gasteiger partial charge is 0.359 e. The molecule has 0 aliphatic heterocycles. The number of thiocarbonyl (C=S) groups is 1. The molecule has 3 rings (SSSR count). The molecule has 0 amide bonds. The molecule has 2 fully saturated rings. The first-order valence-corrected chi connectivity index (χ1v) is 7.33. The molecule has 0 saturated heterocycles. The van der Waals surface area contributed by atoms with Crippen molar-refractivity contribution in [2.45, 2.75) is 31.7 Å². The Morgan fingerprint density at radius 3 is 2.72 bits per heavy atom. The van der Waals surface area contributed by atoms with E-state index in [4.69, 9.17) is 23.8 Å². The van der Waals surface area contributed by atoms with Crippen molar-refractivity contribution in [3.63, 3.8) is 0 Å². The molecular formula is C14H17ClN2S. The molecule has 4 heteroatoms. The van der Waals surface area contributed by atoms with Crippen LogP contribution in [0.25, 0.3) is 0 Å². The van der Waals surface area contributed by atoms with Gasteiger partial charge in [-0.15, -0.1) is 0 Å². The Morgan fingerprint density at radius 1 is 1.22 bits per heavy atom. The summed E-state index contributed by atoms with van der Waals surface area (Å²) in [6, 6.07) is 8.24. The quantitative estimate of drug-likeness (QED) is 0.806. The Bertz CT molecular complexity index is 463. The fraction of sp³-hybridized carbons (Fsp3) is 0.500. The molecule has 2 aliphatic carbocycles. The fourth-order valence-corrected chi connectivity index (χ4v) is 3.76. The second-order valence-corrected chi connectivity index (χ2v) is 6.18. The van der Waals surface area contributed by atoms with Crippen LogP contribution in [0.2, 0.25) is 5.02 Å². The van der Waals surface area contributed by atoms with Crippen molar-refractivity contribution >= 4 is 34.6 Å². The molecule has 3 atom stereocenters. The maximum atomic E-state index is 6.10. The van der Waals surface area contributed by atoms with Crippen molar-refractivity contribution < 1.29 is 0 Å². The predicted molar refractivity (Wildman–Crippen MR) is 80.0 cm³/mol. The van der Waals surface area contributed by atoms with Crippen LogP contribution in [-0.2, 0) is 0 Å². The summed E-state index contributed by atoms with van der Waals surface area (Å²) < 4.78 is 0. The zero-order valence-corrected chi connectivity index (χ0v) is 11.7. The summed E-state index contributed by atoms with van der Waals surface area (Å²) in [6.45, 7) is 0. The smallest absolute Gasteiger partial charge is 0.171 e. The number of nitrogens with one attached hydrogen (secondary N) is 2. The van der Waals surface area contributed by atoms with Gasteiger partial charge in [-0.05, 0) is 55.4 Å². The second kappa shape index (κ2) is 5.06. The highest BCUT2D eigenvalue weighted by atomic mass is 35.5.